The molecule has 0 spiro atoms. The van der Waals surface area contributed by atoms with Crippen LogP contribution in [0.1, 0.15) is 0 Å². The Kier molecular flexibility index (Phi) is 3.32. The van der Waals surface area contributed by atoms with Gasteiger partial charge in [-0.15, -0.1) is 0 Å². The number of aromatic nitrogens is 1. The van der Waals surface area contributed by atoms with Crippen molar-refractivity contribution in [2.45, 2.75) is 0 Å². The molecule has 5 heteroatoms. The minimum Gasteiger partial charge on any atom is -0.494 e. The van der Waals surface area contributed by atoms with E-state index < -0.39 is 8.15 Å². The summed E-state index contributed by atoms with van der Waals surface area (Å²) >= 11 is 0. The maximum atomic E-state index is 5.59. The molecule has 0 radical (unpaired) electrons. The molecule has 0 saturated heterocycles. The van der Waals surface area contributed by atoms with E-state index >= 15 is 0 Å². The predicted octanol–water partition coefficient (Wildman–Crippen LogP) is 1.71. The van der Waals surface area contributed by atoms with Crippen LogP contribution in [-0.4, -0.2) is 25.4 Å². The van der Waals surface area contributed by atoms with Gasteiger partial charge in [-0.2, -0.15) is 0 Å². The minimum absolute atomic E-state index is 0.463. The van der Waals surface area contributed by atoms with Gasteiger partial charge in [0.15, 0.2) is 0 Å². The Hall–Kier alpha value is -1.02. The van der Waals surface area contributed by atoms with E-state index in [0.29, 0.717) is 17.3 Å². The molecule has 0 aliphatic carbocycles. The lowest BCUT2D eigenvalue weighted by Crippen LogP contribution is -1.95. The first kappa shape index (κ1) is 10.1. The van der Waals surface area contributed by atoms with Crippen molar-refractivity contribution >= 4 is 13.8 Å². The molecular weight excluding hydrogens is 187 g/mol. The molecule has 1 rings (SSSR count). The summed E-state index contributed by atoms with van der Waals surface area (Å²) in [7, 11) is 1.10. The van der Waals surface area contributed by atoms with Crippen LogP contribution < -0.4 is 15.0 Å². The Labute approximate surface area is 78.9 Å². The third-order valence-electron chi connectivity index (χ3n) is 1.37. The van der Waals surface area contributed by atoms with E-state index in [1.54, 1.807) is 13.2 Å². The van der Waals surface area contributed by atoms with Crippen LogP contribution >= 0.6 is 8.15 Å². The second kappa shape index (κ2) is 4.28. The van der Waals surface area contributed by atoms with E-state index in [2.05, 4.69) is 4.98 Å². The smallest absolute Gasteiger partial charge is 0.219 e. The molecule has 0 saturated carbocycles. The molecule has 13 heavy (non-hydrogen) atoms. The van der Waals surface area contributed by atoms with E-state index in [0.717, 1.165) is 0 Å². The zero-order valence-corrected chi connectivity index (χ0v) is 8.84. The van der Waals surface area contributed by atoms with Gasteiger partial charge in [-0.25, -0.2) is 4.98 Å². The van der Waals surface area contributed by atoms with Crippen molar-refractivity contribution in [3.63, 3.8) is 0 Å². The van der Waals surface area contributed by atoms with Gasteiger partial charge >= 0.3 is 0 Å². The molecule has 1 heterocycles. The SMILES string of the molecule is COc1cc(OP(C)C)ncc1N. The van der Waals surface area contributed by atoms with Crippen LogP contribution in [0.3, 0.4) is 0 Å². The first-order valence-corrected chi connectivity index (χ1v) is 5.93. The minimum atomic E-state index is -0.463. The third-order valence-corrected chi connectivity index (χ3v) is 1.92. The summed E-state index contributed by atoms with van der Waals surface area (Å²) in [4.78, 5) is 4.02. The number of nitrogen functional groups attached to an aromatic ring is 1. The van der Waals surface area contributed by atoms with Crippen LogP contribution in [0.5, 0.6) is 11.6 Å². The second-order valence-electron chi connectivity index (χ2n) is 2.67. The lowest BCUT2D eigenvalue weighted by atomic mass is 10.4. The molecule has 72 valence electrons. The highest BCUT2D eigenvalue weighted by Gasteiger charge is 2.04. The summed E-state index contributed by atoms with van der Waals surface area (Å²) in [6, 6.07) is 1.69. The van der Waals surface area contributed by atoms with Gasteiger partial charge in [-0.05, 0) is 13.3 Å². The fourth-order valence-corrected chi connectivity index (χ4v) is 1.32. The number of nitrogens with zero attached hydrogens (tertiary/aromatic N) is 1. The fourth-order valence-electron chi connectivity index (χ4n) is 0.843. The van der Waals surface area contributed by atoms with Crippen molar-refractivity contribution in [1.82, 2.24) is 4.98 Å². The Bertz CT molecular complexity index is 291. The molecule has 0 amide bonds. The van der Waals surface area contributed by atoms with Gasteiger partial charge in [0.1, 0.15) is 5.75 Å². The highest BCUT2D eigenvalue weighted by Crippen LogP contribution is 2.32. The van der Waals surface area contributed by atoms with Crippen molar-refractivity contribution in [2.75, 3.05) is 26.2 Å². The van der Waals surface area contributed by atoms with Gasteiger partial charge in [0.05, 0.1) is 27.1 Å². The van der Waals surface area contributed by atoms with Crippen molar-refractivity contribution in [3.05, 3.63) is 12.3 Å². The molecule has 0 aliphatic rings. The fraction of sp³-hybridized carbons (Fsp3) is 0.375. The Morgan fingerprint density at radius 1 is 1.46 bits per heavy atom. The average molecular weight is 200 g/mol. The average Bonchev–Trinajstić information content (AvgIpc) is 2.07. The molecule has 4 nitrogen and oxygen atoms in total. The Morgan fingerprint density at radius 3 is 2.69 bits per heavy atom. The molecule has 1 aromatic rings. The first-order chi connectivity index (χ1) is 6.13. The largest absolute Gasteiger partial charge is 0.494 e. The Balaban J connectivity index is 2.86. The van der Waals surface area contributed by atoms with E-state index in [-0.39, 0.29) is 0 Å². The normalized spacial score (nSPS) is 10.2. The van der Waals surface area contributed by atoms with Crippen LogP contribution in [0.2, 0.25) is 0 Å². The molecule has 0 bridgehead atoms. The second-order valence-corrected chi connectivity index (χ2v) is 4.48. The van der Waals surface area contributed by atoms with E-state index in [9.17, 15) is 0 Å². The van der Waals surface area contributed by atoms with Crippen LogP contribution in [0, 0.1) is 0 Å². The summed E-state index contributed by atoms with van der Waals surface area (Å²) < 4.78 is 10.5. The number of hydrogen-bond donors (Lipinski definition) is 1. The van der Waals surface area contributed by atoms with Crippen molar-refractivity contribution < 1.29 is 9.26 Å². The molecular formula is C8H13N2O2P. The molecule has 2 N–H and O–H groups in total. The number of pyridine rings is 1. The topological polar surface area (TPSA) is 57.4 Å². The van der Waals surface area contributed by atoms with Gasteiger partial charge in [0.25, 0.3) is 0 Å². The molecule has 0 unspecified atom stereocenters. The van der Waals surface area contributed by atoms with Gasteiger partial charge in [-0.1, -0.05) is 0 Å². The summed E-state index contributed by atoms with van der Waals surface area (Å²) in [5, 5.41) is 0. The highest BCUT2D eigenvalue weighted by atomic mass is 31.1. The molecule has 0 fully saturated rings. The maximum absolute atomic E-state index is 5.59. The van der Waals surface area contributed by atoms with Gasteiger partial charge < -0.3 is 15.0 Å². The van der Waals surface area contributed by atoms with Crippen molar-refractivity contribution in [1.29, 1.82) is 0 Å². The molecule has 1 aromatic heterocycles. The van der Waals surface area contributed by atoms with Crippen molar-refractivity contribution in [3.8, 4) is 11.6 Å². The van der Waals surface area contributed by atoms with E-state index in [1.807, 2.05) is 13.3 Å². The number of hydrogen-bond acceptors (Lipinski definition) is 4. The Morgan fingerprint density at radius 2 is 2.15 bits per heavy atom. The van der Waals surface area contributed by atoms with Crippen LogP contribution in [-0.2, 0) is 0 Å². The van der Waals surface area contributed by atoms with Crippen LogP contribution in [0.4, 0.5) is 5.69 Å². The van der Waals surface area contributed by atoms with Gasteiger partial charge in [0, 0.05) is 6.07 Å². The maximum Gasteiger partial charge on any atom is 0.219 e. The third kappa shape index (κ3) is 2.74. The standard InChI is InChI=1S/C8H13N2O2P/c1-11-7-4-8(12-13(2)3)10-5-6(7)9/h4-5H,9H2,1-3H3. The number of ether oxygens (including phenoxy) is 1. The van der Waals surface area contributed by atoms with E-state index in [4.69, 9.17) is 15.0 Å². The lowest BCUT2D eigenvalue weighted by Gasteiger charge is -2.10. The number of anilines is 1. The lowest BCUT2D eigenvalue weighted by molar-refractivity contribution is 0.414. The van der Waals surface area contributed by atoms with Crippen LogP contribution in [0.25, 0.3) is 0 Å². The van der Waals surface area contributed by atoms with Gasteiger partial charge in [0.2, 0.25) is 5.88 Å². The summed E-state index contributed by atoms with van der Waals surface area (Å²) in [5.41, 5.74) is 6.11. The monoisotopic (exact) mass is 200 g/mol. The number of methoxy groups -OCH3 is 1. The number of rotatable bonds is 3. The highest BCUT2D eigenvalue weighted by molar-refractivity contribution is 7.51. The predicted molar refractivity (Wildman–Crippen MR) is 54.6 cm³/mol. The summed E-state index contributed by atoms with van der Waals surface area (Å²) in [6.45, 7) is 4.00. The van der Waals surface area contributed by atoms with Crippen LogP contribution in [0.15, 0.2) is 12.3 Å². The molecule has 0 aromatic carbocycles. The number of nitrogens with two attached hydrogens (primary N) is 1. The van der Waals surface area contributed by atoms with E-state index in [1.165, 1.54) is 6.20 Å². The summed E-state index contributed by atoms with van der Waals surface area (Å²) in [5.74, 6) is 1.16. The zero-order chi connectivity index (χ0) is 9.84. The molecule has 0 atom stereocenters. The van der Waals surface area contributed by atoms with Crippen molar-refractivity contribution in [2.24, 2.45) is 0 Å². The zero-order valence-electron chi connectivity index (χ0n) is 7.94. The quantitative estimate of drug-likeness (QED) is 0.754. The first-order valence-electron chi connectivity index (χ1n) is 3.78. The van der Waals surface area contributed by atoms with Gasteiger partial charge in [-0.3, -0.25) is 0 Å². The summed E-state index contributed by atoms with van der Waals surface area (Å²) in [6.07, 6.45) is 1.53. The molecule has 0 aliphatic heterocycles.